The molecule has 154 valence electrons. The highest BCUT2D eigenvalue weighted by Crippen LogP contribution is 2.26. The van der Waals surface area contributed by atoms with Crippen LogP contribution in [0.3, 0.4) is 0 Å². The maximum absolute atomic E-state index is 13.5. The quantitative estimate of drug-likeness (QED) is 0.662. The molecule has 0 radical (unpaired) electrons. The molecule has 9 heteroatoms. The third-order valence-electron chi connectivity index (χ3n) is 5.27. The maximum atomic E-state index is 13.5. The molecule has 3 heterocycles. The van der Waals surface area contributed by atoms with Gasteiger partial charge in [0.05, 0.1) is 29.1 Å². The zero-order valence-electron chi connectivity index (χ0n) is 16.3. The predicted molar refractivity (Wildman–Crippen MR) is 108 cm³/mol. The number of carbonyl (C=O) groups excluding carboxylic acids is 2. The number of carbonyl (C=O) groups is 2. The lowest BCUT2D eigenvalue weighted by Crippen LogP contribution is -2.41. The molecule has 0 bridgehead atoms. The van der Waals surface area contributed by atoms with Gasteiger partial charge in [-0.2, -0.15) is 5.10 Å². The summed E-state index contributed by atoms with van der Waals surface area (Å²) in [6.07, 6.45) is 3.98. The smallest absolute Gasteiger partial charge is 0.255 e. The van der Waals surface area contributed by atoms with Crippen LogP contribution in [-0.2, 0) is 7.05 Å². The van der Waals surface area contributed by atoms with Gasteiger partial charge < -0.3 is 15.2 Å². The first-order valence-corrected chi connectivity index (χ1v) is 9.48. The van der Waals surface area contributed by atoms with Crippen LogP contribution in [-0.4, -0.2) is 43.5 Å². The second-order valence-corrected chi connectivity index (χ2v) is 7.22. The van der Waals surface area contributed by atoms with Gasteiger partial charge in [0.25, 0.3) is 5.91 Å². The highest BCUT2D eigenvalue weighted by molar-refractivity contribution is 6.07. The molecule has 1 aromatic carbocycles. The van der Waals surface area contributed by atoms with E-state index >= 15 is 0 Å². The topological polar surface area (TPSA) is 103 Å². The first-order valence-electron chi connectivity index (χ1n) is 9.48. The highest BCUT2D eigenvalue weighted by atomic mass is 19.1. The Morgan fingerprint density at radius 1 is 1.23 bits per heavy atom. The van der Waals surface area contributed by atoms with Crippen molar-refractivity contribution in [1.29, 1.82) is 0 Å². The van der Waals surface area contributed by atoms with Crippen LogP contribution in [0.1, 0.15) is 33.6 Å². The summed E-state index contributed by atoms with van der Waals surface area (Å²) in [4.78, 5) is 39.2. The number of nitrogens with zero attached hydrogens (tertiary/aromatic N) is 4. The SMILES string of the molecule is Cn1cc(C(=O)N2CCCC2C(=O)c2cnn(-c3cccc(F)c3)c2N)ccc1=O. The number of pyridine rings is 1. The van der Waals surface area contributed by atoms with E-state index < -0.39 is 11.9 Å². The van der Waals surface area contributed by atoms with Crippen LogP contribution in [0.2, 0.25) is 0 Å². The number of nitrogens with two attached hydrogens (primary N) is 1. The third-order valence-corrected chi connectivity index (χ3v) is 5.27. The number of rotatable bonds is 4. The van der Waals surface area contributed by atoms with Crippen LogP contribution in [0, 0.1) is 5.82 Å². The van der Waals surface area contributed by atoms with E-state index in [4.69, 9.17) is 5.73 Å². The minimum atomic E-state index is -0.679. The number of hydrogen-bond acceptors (Lipinski definition) is 5. The number of Topliss-reactive ketones (excluding diaryl/α,β-unsaturated/α-hetero) is 1. The molecule has 0 saturated carbocycles. The lowest BCUT2D eigenvalue weighted by atomic mass is 10.0. The number of hydrogen-bond donors (Lipinski definition) is 1. The predicted octanol–water partition coefficient (Wildman–Crippen LogP) is 1.78. The lowest BCUT2D eigenvalue weighted by Gasteiger charge is -2.23. The van der Waals surface area contributed by atoms with E-state index in [9.17, 15) is 18.8 Å². The monoisotopic (exact) mass is 409 g/mol. The number of aryl methyl sites for hydroxylation is 1. The van der Waals surface area contributed by atoms with E-state index in [2.05, 4.69) is 5.10 Å². The summed E-state index contributed by atoms with van der Waals surface area (Å²) in [5.41, 5.74) is 6.83. The maximum Gasteiger partial charge on any atom is 0.255 e. The molecule has 30 heavy (non-hydrogen) atoms. The van der Waals surface area contributed by atoms with E-state index in [1.807, 2.05) is 0 Å². The molecule has 0 spiro atoms. The molecule has 1 fully saturated rings. The summed E-state index contributed by atoms with van der Waals surface area (Å²) < 4.78 is 16.2. The molecule has 4 rings (SSSR count). The van der Waals surface area contributed by atoms with Crippen LogP contribution < -0.4 is 11.3 Å². The Morgan fingerprint density at radius 3 is 2.77 bits per heavy atom. The molecule has 0 aliphatic carbocycles. The zero-order valence-corrected chi connectivity index (χ0v) is 16.3. The molecule has 1 unspecified atom stereocenters. The summed E-state index contributed by atoms with van der Waals surface area (Å²) >= 11 is 0. The molecular weight excluding hydrogens is 389 g/mol. The van der Waals surface area contributed by atoms with E-state index in [1.165, 1.54) is 56.9 Å². The van der Waals surface area contributed by atoms with E-state index in [0.29, 0.717) is 30.6 Å². The second-order valence-electron chi connectivity index (χ2n) is 7.22. The largest absolute Gasteiger partial charge is 0.383 e. The Labute approximate surface area is 171 Å². The van der Waals surface area contributed by atoms with Crippen molar-refractivity contribution in [3.8, 4) is 5.69 Å². The van der Waals surface area contributed by atoms with Crippen molar-refractivity contribution in [3.05, 3.63) is 76.1 Å². The highest BCUT2D eigenvalue weighted by Gasteiger charge is 2.36. The van der Waals surface area contributed by atoms with Gasteiger partial charge in [-0.1, -0.05) is 6.07 Å². The normalized spacial score (nSPS) is 16.1. The molecule has 2 N–H and O–H groups in total. The number of benzene rings is 1. The van der Waals surface area contributed by atoms with Gasteiger partial charge in [-0.25, -0.2) is 9.07 Å². The number of nitrogen functional groups attached to an aromatic ring is 1. The minimum Gasteiger partial charge on any atom is -0.383 e. The fourth-order valence-corrected chi connectivity index (χ4v) is 3.71. The van der Waals surface area contributed by atoms with Crippen molar-refractivity contribution >= 4 is 17.5 Å². The second kappa shape index (κ2) is 7.58. The van der Waals surface area contributed by atoms with Gasteiger partial charge in [-0.3, -0.25) is 14.4 Å². The van der Waals surface area contributed by atoms with E-state index in [-0.39, 0.29) is 28.6 Å². The van der Waals surface area contributed by atoms with E-state index in [0.717, 1.165) is 0 Å². The van der Waals surface area contributed by atoms with Gasteiger partial charge in [-0.05, 0) is 37.1 Å². The van der Waals surface area contributed by atoms with Crippen LogP contribution >= 0.6 is 0 Å². The number of anilines is 1. The van der Waals surface area contributed by atoms with Gasteiger partial charge in [0.15, 0.2) is 5.78 Å². The fraction of sp³-hybridized carbons (Fsp3) is 0.238. The summed E-state index contributed by atoms with van der Waals surface area (Å²) in [6.45, 7) is 0.427. The summed E-state index contributed by atoms with van der Waals surface area (Å²) in [7, 11) is 1.56. The Kier molecular flexibility index (Phi) is 4.94. The molecular formula is C21H20FN5O3. The summed E-state index contributed by atoms with van der Waals surface area (Å²) in [5.74, 6) is -0.990. The van der Waals surface area contributed by atoms with Crippen molar-refractivity contribution in [2.24, 2.45) is 7.05 Å². The van der Waals surface area contributed by atoms with Crippen molar-refractivity contribution < 1.29 is 14.0 Å². The third kappa shape index (κ3) is 3.38. The van der Waals surface area contributed by atoms with Crippen LogP contribution in [0.4, 0.5) is 10.2 Å². The Morgan fingerprint density at radius 2 is 2.03 bits per heavy atom. The Hall–Kier alpha value is -3.75. The standard InChI is InChI=1S/C21H20FN5O3/c1-25-12-13(7-8-18(25)28)21(30)26-9-3-6-17(26)19(29)16-11-24-27(20(16)23)15-5-2-4-14(22)10-15/h2,4-5,7-8,10-12,17H,3,6,9,23H2,1H3. The molecule has 8 nitrogen and oxygen atoms in total. The molecule has 3 aromatic rings. The van der Waals surface area contributed by atoms with Gasteiger partial charge >= 0.3 is 0 Å². The minimum absolute atomic E-state index is 0.0898. The molecule has 1 atom stereocenters. The average Bonchev–Trinajstić information content (AvgIpc) is 3.36. The Bertz CT molecular complexity index is 1200. The number of likely N-dealkylation sites (tertiary alicyclic amines) is 1. The van der Waals surface area contributed by atoms with Crippen molar-refractivity contribution in [3.63, 3.8) is 0 Å². The van der Waals surface area contributed by atoms with Gasteiger partial charge in [0.1, 0.15) is 11.6 Å². The first-order chi connectivity index (χ1) is 14.4. The number of amides is 1. The summed E-state index contributed by atoms with van der Waals surface area (Å²) in [6, 6.07) is 7.83. The van der Waals surface area contributed by atoms with Crippen molar-refractivity contribution in [1.82, 2.24) is 19.2 Å². The van der Waals surface area contributed by atoms with Crippen LogP contribution in [0.25, 0.3) is 5.69 Å². The van der Waals surface area contributed by atoms with Gasteiger partial charge in [0.2, 0.25) is 5.56 Å². The number of ketones is 1. The molecule has 1 amide bonds. The van der Waals surface area contributed by atoms with Crippen LogP contribution in [0.15, 0.2) is 53.6 Å². The first kappa shape index (κ1) is 19.6. The lowest BCUT2D eigenvalue weighted by molar-refractivity contribution is 0.0671. The van der Waals surface area contributed by atoms with Crippen LogP contribution in [0.5, 0.6) is 0 Å². The van der Waals surface area contributed by atoms with Gasteiger partial charge in [0, 0.05) is 25.9 Å². The van der Waals surface area contributed by atoms with Crippen molar-refractivity contribution in [2.45, 2.75) is 18.9 Å². The zero-order chi connectivity index (χ0) is 21.4. The van der Waals surface area contributed by atoms with Crippen molar-refractivity contribution in [2.75, 3.05) is 12.3 Å². The fourth-order valence-electron chi connectivity index (χ4n) is 3.71. The molecule has 2 aromatic heterocycles. The molecule has 1 aliphatic heterocycles. The summed E-state index contributed by atoms with van der Waals surface area (Å²) in [5, 5.41) is 4.13. The molecule has 1 saturated heterocycles. The average molecular weight is 409 g/mol. The number of halogens is 1. The van der Waals surface area contributed by atoms with Gasteiger partial charge in [-0.15, -0.1) is 0 Å². The number of aromatic nitrogens is 3. The molecule has 1 aliphatic rings. The Balaban J connectivity index is 1.62. The van der Waals surface area contributed by atoms with E-state index in [1.54, 1.807) is 13.1 Å².